The molecule has 9 nitrogen and oxygen atoms in total. The van der Waals surface area contributed by atoms with E-state index in [1.807, 2.05) is 21.1 Å². The Labute approximate surface area is 344 Å². The fraction of sp³-hybridized carbons (Fsp3) is 0.826. The van der Waals surface area contributed by atoms with E-state index in [0.29, 0.717) is 23.9 Å². The smallest absolute Gasteiger partial charge is 0.306 e. The van der Waals surface area contributed by atoms with Gasteiger partial charge in [-0.1, -0.05) is 153 Å². The number of carbonyl (C=O) groups is 2. The van der Waals surface area contributed by atoms with E-state index in [9.17, 15) is 19.0 Å². The molecule has 0 aromatic rings. The number of likely N-dealkylation sites (N-methyl/N-ethyl adjacent to an activating group) is 1. The third-order valence-corrected chi connectivity index (χ3v) is 10.6. The molecule has 0 aliphatic heterocycles. The summed E-state index contributed by atoms with van der Waals surface area (Å²) in [5.41, 5.74) is 0. The Morgan fingerprint density at radius 3 is 1.48 bits per heavy atom. The molecule has 0 amide bonds. The van der Waals surface area contributed by atoms with E-state index in [2.05, 4.69) is 50.3 Å². The second-order valence-electron chi connectivity index (χ2n) is 16.4. The number of phosphoric acid groups is 1. The van der Waals surface area contributed by atoms with Crippen molar-refractivity contribution in [1.82, 2.24) is 0 Å². The van der Waals surface area contributed by atoms with Crippen molar-refractivity contribution in [3.63, 3.8) is 0 Å². The van der Waals surface area contributed by atoms with E-state index in [-0.39, 0.29) is 26.1 Å². The normalized spacial score (nSPS) is 13.9. The highest BCUT2D eigenvalue weighted by molar-refractivity contribution is 7.45. The monoisotopic (exact) mass is 812 g/mol. The summed E-state index contributed by atoms with van der Waals surface area (Å²) < 4.78 is 33.8. The molecular formula is C46H86NO8P. The van der Waals surface area contributed by atoms with Crippen molar-refractivity contribution >= 4 is 19.8 Å². The van der Waals surface area contributed by atoms with Gasteiger partial charge < -0.3 is 27.9 Å². The van der Waals surface area contributed by atoms with Crippen LogP contribution in [0.4, 0.5) is 0 Å². The highest BCUT2D eigenvalue weighted by Gasteiger charge is 2.21. The zero-order valence-corrected chi connectivity index (χ0v) is 37.7. The van der Waals surface area contributed by atoms with Crippen molar-refractivity contribution in [2.45, 2.75) is 200 Å². The summed E-state index contributed by atoms with van der Waals surface area (Å²) in [4.78, 5) is 37.5. The van der Waals surface area contributed by atoms with Crippen molar-refractivity contribution in [2.24, 2.45) is 0 Å². The Balaban J connectivity index is 4.43. The zero-order chi connectivity index (χ0) is 41.4. The number of esters is 2. The number of hydrogen-bond donors (Lipinski definition) is 0. The maximum Gasteiger partial charge on any atom is 0.306 e. The fourth-order valence-corrected chi connectivity index (χ4v) is 6.77. The molecule has 0 aliphatic rings. The molecule has 0 aromatic heterocycles. The summed E-state index contributed by atoms with van der Waals surface area (Å²) in [5.74, 6) is -0.911. The highest BCUT2D eigenvalue weighted by atomic mass is 31.2. The quantitative estimate of drug-likeness (QED) is 0.0197. The van der Waals surface area contributed by atoms with Gasteiger partial charge in [-0.3, -0.25) is 14.2 Å². The Morgan fingerprint density at radius 2 is 0.982 bits per heavy atom. The number of unbranched alkanes of at least 4 members (excludes halogenated alkanes) is 21. The maximum atomic E-state index is 12.7. The number of carbonyl (C=O) groups excluding carboxylic acids is 2. The second-order valence-corrected chi connectivity index (χ2v) is 17.8. The number of phosphoric ester groups is 1. The molecule has 0 aromatic carbocycles. The van der Waals surface area contributed by atoms with Crippen LogP contribution in [0.5, 0.6) is 0 Å². The van der Waals surface area contributed by atoms with Crippen molar-refractivity contribution < 1.29 is 42.1 Å². The second kappa shape index (κ2) is 38.7. The summed E-state index contributed by atoms with van der Waals surface area (Å²) in [6.07, 6.45) is 43.3. The molecule has 0 fully saturated rings. The minimum Gasteiger partial charge on any atom is -0.756 e. The molecule has 328 valence electrons. The summed E-state index contributed by atoms with van der Waals surface area (Å²) in [7, 11) is 1.13. The fourth-order valence-electron chi connectivity index (χ4n) is 6.04. The third-order valence-electron chi connectivity index (χ3n) is 9.63. The average molecular weight is 812 g/mol. The van der Waals surface area contributed by atoms with Crippen molar-refractivity contribution in [1.29, 1.82) is 0 Å². The molecule has 56 heavy (non-hydrogen) atoms. The molecule has 0 N–H and O–H groups in total. The molecule has 0 saturated carbocycles. The van der Waals surface area contributed by atoms with Gasteiger partial charge in [-0.2, -0.15) is 0 Å². The van der Waals surface area contributed by atoms with Gasteiger partial charge in [0.25, 0.3) is 7.82 Å². The van der Waals surface area contributed by atoms with Crippen LogP contribution in [0.15, 0.2) is 36.5 Å². The summed E-state index contributed by atoms with van der Waals surface area (Å²) >= 11 is 0. The average Bonchev–Trinajstić information content (AvgIpc) is 3.15. The molecule has 0 heterocycles. The molecular weight excluding hydrogens is 725 g/mol. The molecule has 0 saturated heterocycles. The lowest BCUT2D eigenvalue weighted by Crippen LogP contribution is -2.37. The topological polar surface area (TPSA) is 111 Å². The third kappa shape index (κ3) is 41.9. The van der Waals surface area contributed by atoms with Crippen molar-refractivity contribution in [2.75, 3.05) is 47.5 Å². The van der Waals surface area contributed by atoms with Gasteiger partial charge in [0.1, 0.15) is 19.8 Å². The first-order valence-corrected chi connectivity index (χ1v) is 24.2. The maximum absolute atomic E-state index is 12.7. The van der Waals surface area contributed by atoms with Crippen LogP contribution < -0.4 is 4.89 Å². The molecule has 0 spiro atoms. The van der Waals surface area contributed by atoms with Gasteiger partial charge in [0, 0.05) is 12.8 Å². The molecule has 0 bridgehead atoms. The number of hydrogen-bond acceptors (Lipinski definition) is 8. The van der Waals surface area contributed by atoms with Gasteiger partial charge in [0.2, 0.25) is 0 Å². The predicted molar refractivity (Wildman–Crippen MR) is 231 cm³/mol. The molecule has 2 atom stereocenters. The number of ether oxygens (including phenoxy) is 2. The van der Waals surface area contributed by atoms with Crippen LogP contribution in [-0.4, -0.2) is 70.0 Å². The van der Waals surface area contributed by atoms with Crippen LogP contribution in [-0.2, 0) is 32.7 Å². The first-order valence-electron chi connectivity index (χ1n) is 22.7. The molecule has 10 heteroatoms. The van der Waals surface area contributed by atoms with Gasteiger partial charge in [-0.05, 0) is 64.2 Å². The summed E-state index contributed by atoms with van der Waals surface area (Å²) in [6.45, 7) is 4.16. The number of rotatable bonds is 41. The van der Waals surface area contributed by atoms with Gasteiger partial charge in [0.05, 0.1) is 27.7 Å². The molecule has 0 radical (unpaired) electrons. The first kappa shape index (κ1) is 54.2. The van der Waals surface area contributed by atoms with E-state index < -0.39 is 32.5 Å². The van der Waals surface area contributed by atoms with Gasteiger partial charge in [-0.15, -0.1) is 0 Å². The van der Waals surface area contributed by atoms with Crippen LogP contribution in [0.25, 0.3) is 0 Å². The lowest BCUT2D eigenvalue weighted by Gasteiger charge is -2.28. The van der Waals surface area contributed by atoms with Crippen LogP contribution in [0.2, 0.25) is 0 Å². The first-order chi connectivity index (χ1) is 27.0. The van der Waals surface area contributed by atoms with E-state index in [1.54, 1.807) is 0 Å². The Bertz CT molecular complexity index is 1050. The highest BCUT2D eigenvalue weighted by Crippen LogP contribution is 2.38. The van der Waals surface area contributed by atoms with Gasteiger partial charge >= 0.3 is 11.9 Å². The lowest BCUT2D eigenvalue weighted by atomic mass is 10.1. The lowest BCUT2D eigenvalue weighted by molar-refractivity contribution is -0.870. The Kier molecular flexibility index (Phi) is 37.5. The van der Waals surface area contributed by atoms with E-state index >= 15 is 0 Å². The van der Waals surface area contributed by atoms with Crippen LogP contribution in [0.1, 0.15) is 194 Å². The Morgan fingerprint density at radius 1 is 0.554 bits per heavy atom. The van der Waals surface area contributed by atoms with Crippen molar-refractivity contribution in [3.8, 4) is 0 Å². The van der Waals surface area contributed by atoms with Crippen LogP contribution in [0.3, 0.4) is 0 Å². The van der Waals surface area contributed by atoms with E-state index in [0.717, 1.165) is 38.5 Å². The summed E-state index contributed by atoms with van der Waals surface area (Å²) in [6, 6.07) is 0. The van der Waals surface area contributed by atoms with E-state index in [4.69, 9.17) is 18.5 Å². The predicted octanol–water partition coefficient (Wildman–Crippen LogP) is 12.3. The zero-order valence-electron chi connectivity index (χ0n) is 36.8. The largest absolute Gasteiger partial charge is 0.756 e. The van der Waals surface area contributed by atoms with Gasteiger partial charge in [0.15, 0.2) is 6.10 Å². The summed E-state index contributed by atoms with van der Waals surface area (Å²) in [5, 5.41) is 0. The SMILES string of the molecule is CCCCCCCCCCC/C=C/C/C=C/CCCC(=O)OC[C@H](COP(=O)([O-])OCC[N+](C)(C)C)OC(=O)CCCC/C=C/CCCCCCCCCCC. The van der Waals surface area contributed by atoms with Gasteiger partial charge in [-0.25, -0.2) is 0 Å². The van der Waals surface area contributed by atoms with Crippen LogP contribution >= 0.6 is 7.82 Å². The van der Waals surface area contributed by atoms with Crippen LogP contribution in [0, 0.1) is 0 Å². The minimum absolute atomic E-state index is 0.0402. The molecule has 0 aliphatic carbocycles. The Hall–Kier alpha value is -1.77. The number of quaternary nitrogens is 1. The van der Waals surface area contributed by atoms with E-state index in [1.165, 1.54) is 116 Å². The molecule has 1 unspecified atom stereocenters. The number of nitrogens with zero attached hydrogens (tertiary/aromatic N) is 1. The minimum atomic E-state index is -4.64. The standard InChI is InChI=1S/C46H86NO8P/c1-6-8-10-12-14-16-18-20-22-23-25-26-28-30-32-34-36-38-45(48)52-42-44(43-54-56(50,51)53-41-40-47(3,4)5)55-46(49)39-37-35-33-31-29-27-24-21-19-17-15-13-11-9-7-2/h25-26,29-32,44H,6-24,27-28,33-43H2,1-5H3/b26-25+,31-29+,32-30+/t44-/m1/s1. The molecule has 0 rings (SSSR count). The number of allylic oxidation sites excluding steroid dienone is 6. The van der Waals surface area contributed by atoms with Crippen molar-refractivity contribution in [3.05, 3.63) is 36.5 Å².